The summed E-state index contributed by atoms with van der Waals surface area (Å²) in [6, 6.07) is 6.05. The number of carbonyl (C=O) groups is 3. The average molecular weight is 359 g/mol. The predicted molar refractivity (Wildman–Crippen MR) is 95.4 cm³/mol. The number of nitrogens with zero attached hydrogens (tertiary/aromatic N) is 1. The molecule has 7 heteroatoms. The van der Waals surface area contributed by atoms with Crippen molar-refractivity contribution >= 4 is 17.8 Å². The SMILES string of the molecule is CC(C)COc1ccc(C(=O)NN2C(=O)NC3(CCCCC3)C2=O)cc1. The number of urea groups is 1. The maximum absolute atomic E-state index is 12.7. The molecule has 1 aromatic rings. The minimum atomic E-state index is -0.850. The second-order valence-electron chi connectivity index (χ2n) is 7.38. The number of hydrogen-bond donors (Lipinski definition) is 2. The van der Waals surface area contributed by atoms with E-state index in [-0.39, 0.29) is 5.91 Å². The zero-order valence-electron chi connectivity index (χ0n) is 15.2. The van der Waals surface area contributed by atoms with Crippen LogP contribution in [0.2, 0.25) is 0 Å². The first-order valence-corrected chi connectivity index (χ1v) is 9.12. The van der Waals surface area contributed by atoms with E-state index in [1.54, 1.807) is 24.3 Å². The smallest absolute Gasteiger partial charge is 0.344 e. The Kier molecular flexibility index (Phi) is 5.15. The normalized spacial score (nSPS) is 19.0. The highest BCUT2D eigenvalue weighted by molar-refractivity contribution is 6.09. The van der Waals surface area contributed by atoms with Gasteiger partial charge in [0.15, 0.2) is 0 Å². The van der Waals surface area contributed by atoms with Crippen LogP contribution < -0.4 is 15.5 Å². The fourth-order valence-electron chi connectivity index (χ4n) is 3.35. The highest BCUT2D eigenvalue weighted by Gasteiger charge is 2.52. The average Bonchev–Trinajstić information content (AvgIpc) is 2.85. The first kappa shape index (κ1) is 18.2. The van der Waals surface area contributed by atoms with Crippen molar-refractivity contribution in [2.75, 3.05) is 6.61 Å². The lowest BCUT2D eigenvalue weighted by Gasteiger charge is -2.30. The van der Waals surface area contributed by atoms with E-state index in [0.717, 1.165) is 24.3 Å². The van der Waals surface area contributed by atoms with Gasteiger partial charge < -0.3 is 10.1 Å². The number of nitrogens with one attached hydrogen (secondary N) is 2. The van der Waals surface area contributed by atoms with Crippen LogP contribution in [0.5, 0.6) is 5.75 Å². The number of carbonyl (C=O) groups excluding carboxylic acids is 3. The Hall–Kier alpha value is -2.57. The molecule has 1 aliphatic heterocycles. The summed E-state index contributed by atoms with van der Waals surface area (Å²) >= 11 is 0. The van der Waals surface area contributed by atoms with Gasteiger partial charge in [-0.3, -0.25) is 15.0 Å². The summed E-state index contributed by atoms with van der Waals surface area (Å²) in [5, 5.41) is 3.58. The lowest BCUT2D eigenvalue weighted by molar-refractivity contribution is -0.134. The number of hydrazine groups is 1. The van der Waals surface area contributed by atoms with Gasteiger partial charge in [0, 0.05) is 5.56 Å². The highest BCUT2D eigenvalue weighted by atomic mass is 16.5. The van der Waals surface area contributed by atoms with E-state index in [1.807, 2.05) is 0 Å². The fraction of sp³-hybridized carbons (Fsp3) is 0.526. The van der Waals surface area contributed by atoms with Gasteiger partial charge in [0.05, 0.1) is 6.61 Å². The lowest BCUT2D eigenvalue weighted by Crippen LogP contribution is -2.50. The highest BCUT2D eigenvalue weighted by Crippen LogP contribution is 2.33. The fourth-order valence-corrected chi connectivity index (χ4v) is 3.35. The zero-order chi connectivity index (χ0) is 18.7. The van der Waals surface area contributed by atoms with Crippen LogP contribution in [0, 0.1) is 5.92 Å². The van der Waals surface area contributed by atoms with Gasteiger partial charge in [-0.25, -0.2) is 4.79 Å². The van der Waals surface area contributed by atoms with Gasteiger partial charge in [0.25, 0.3) is 11.8 Å². The second-order valence-corrected chi connectivity index (χ2v) is 7.38. The Morgan fingerprint density at radius 3 is 2.46 bits per heavy atom. The summed E-state index contributed by atoms with van der Waals surface area (Å²) in [6.45, 7) is 4.70. The number of benzene rings is 1. The third-order valence-corrected chi connectivity index (χ3v) is 4.78. The molecular formula is C19H25N3O4. The van der Waals surface area contributed by atoms with E-state index in [1.165, 1.54) is 0 Å². The van der Waals surface area contributed by atoms with Gasteiger partial charge in [0.1, 0.15) is 11.3 Å². The topological polar surface area (TPSA) is 87.7 Å². The monoisotopic (exact) mass is 359 g/mol. The molecule has 7 nitrogen and oxygen atoms in total. The molecule has 2 N–H and O–H groups in total. The molecule has 1 saturated heterocycles. The van der Waals surface area contributed by atoms with Crippen molar-refractivity contribution in [2.24, 2.45) is 5.92 Å². The Bertz CT molecular complexity index is 693. The molecule has 0 aromatic heterocycles. The molecule has 2 fully saturated rings. The lowest BCUT2D eigenvalue weighted by atomic mass is 9.82. The Morgan fingerprint density at radius 2 is 1.85 bits per heavy atom. The Labute approximate surface area is 153 Å². The minimum Gasteiger partial charge on any atom is -0.493 e. The Morgan fingerprint density at radius 1 is 1.19 bits per heavy atom. The van der Waals surface area contributed by atoms with Gasteiger partial charge in [-0.15, -0.1) is 0 Å². The number of amides is 4. The molecule has 1 aromatic carbocycles. The van der Waals surface area contributed by atoms with Crippen molar-refractivity contribution < 1.29 is 19.1 Å². The van der Waals surface area contributed by atoms with E-state index in [2.05, 4.69) is 24.6 Å². The van der Waals surface area contributed by atoms with Gasteiger partial charge in [-0.05, 0) is 43.0 Å². The first-order chi connectivity index (χ1) is 12.4. The van der Waals surface area contributed by atoms with Gasteiger partial charge in [0.2, 0.25) is 0 Å². The second kappa shape index (κ2) is 7.35. The van der Waals surface area contributed by atoms with Crippen LogP contribution >= 0.6 is 0 Å². The molecule has 1 heterocycles. The quantitative estimate of drug-likeness (QED) is 0.791. The molecule has 3 rings (SSSR count). The van der Waals surface area contributed by atoms with Crippen LogP contribution in [-0.4, -0.2) is 35.0 Å². The molecule has 1 aliphatic carbocycles. The first-order valence-electron chi connectivity index (χ1n) is 9.12. The molecule has 4 amide bonds. The van der Waals surface area contributed by atoms with Gasteiger partial charge in [-0.1, -0.05) is 33.1 Å². The van der Waals surface area contributed by atoms with Crippen molar-refractivity contribution in [1.29, 1.82) is 0 Å². The number of ether oxygens (including phenoxy) is 1. The van der Waals surface area contributed by atoms with Crippen molar-refractivity contribution in [2.45, 2.75) is 51.5 Å². The Balaban J connectivity index is 1.64. The molecule has 26 heavy (non-hydrogen) atoms. The molecule has 140 valence electrons. The summed E-state index contributed by atoms with van der Waals surface area (Å²) in [5.74, 6) is 0.209. The summed E-state index contributed by atoms with van der Waals surface area (Å²) in [7, 11) is 0. The standard InChI is InChI=1S/C19H25N3O4/c1-13(2)12-26-15-8-6-14(7-9-15)16(23)21-22-17(24)19(20-18(22)25)10-4-3-5-11-19/h6-9,13H,3-5,10-12H2,1-2H3,(H,20,25)(H,21,23). The molecular weight excluding hydrogens is 334 g/mol. The van der Waals surface area contributed by atoms with Gasteiger partial charge in [-0.2, -0.15) is 5.01 Å². The van der Waals surface area contributed by atoms with Crippen LogP contribution in [0.15, 0.2) is 24.3 Å². The third kappa shape index (κ3) is 3.66. The van der Waals surface area contributed by atoms with Crippen LogP contribution in [0.4, 0.5) is 4.79 Å². The summed E-state index contributed by atoms with van der Waals surface area (Å²) < 4.78 is 5.58. The van der Waals surface area contributed by atoms with E-state index in [0.29, 0.717) is 36.7 Å². The van der Waals surface area contributed by atoms with E-state index in [9.17, 15) is 14.4 Å². The molecule has 2 aliphatic rings. The maximum atomic E-state index is 12.7. The molecule has 0 unspecified atom stereocenters. The van der Waals surface area contributed by atoms with Crippen molar-refractivity contribution in [3.63, 3.8) is 0 Å². The largest absolute Gasteiger partial charge is 0.493 e. The van der Waals surface area contributed by atoms with Crippen molar-refractivity contribution in [3.8, 4) is 5.75 Å². The zero-order valence-corrected chi connectivity index (χ0v) is 15.2. The number of imide groups is 1. The van der Waals surface area contributed by atoms with Crippen LogP contribution in [0.25, 0.3) is 0 Å². The molecule has 1 saturated carbocycles. The van der Waals surface area contributed by atoms with E-state index >= 15 is 0 Å². The van der Waals surface area contributed by atoms with E-state index in [4.69, 9.17) is 4.74 Å². The summed E-state index contributed by atoms with van der Waals surface area (Å²) in [6.07, 6.45) is 4.08. The summed E-state index contributed by atoms with van der Waals surface area (Å²) in [4.78, 5) is 37.3. The number of hydrogen-bond acceptors (Lipinski definition) is 4. The number of rotatable bonds is 5. The van der Waals surface area contributed by atoms with Crippen LogP contribution in [0.1, 0.15) is 56.3 Å². The van der Waals surface area contributed by atoms with Crippen LogP contribution in [0.3, 0.4) is 0 Å². The minimum absolute atomic E-state index is 0.354. The maximum Gasteiger partial charge on any atom is 0.344 e. The molecule has 0 atom stereocenters. The third-order valence-electron chi connectivity index (χ3n) is 4.78. The molecule has 1 spiro atoms. The summed E-state index contributed by atoms with van der Waals surface area (Å²) in [5.41, 5.74) is 1.93. The predicted octanol–water partition coefficient (Wildman–Crippen LogP) is 2.62. The van der Waals surface area contributed by atoms with Crippen molar-refractivity contribution in [1.82, 2.24) is 15.8 Å². The van der Waals surface area contributed by atoms with E-state index < -0.39 is 17.5 Å². The molecule has 0 bridgehead atoms. The van der Waals surface area contributed by atoms with Crippen molar-refractivity contribution in [3.05, 3.63) is 29.8 Å². The van der Waals surface area contributed by atoms with Crippen LogP contribution in [-0.2, 0) is 4.79 Å². The molecule has 0 radical (unpaired) electrons. The van der Waals surface area contributed by atoms with Gasteiger partial charge >= 0.3 is 6.03 Å².